The van der Waals surface area contributed by atoms with Crippen molar-refractivity contribution in [2.45, 2.75) is 26.7 Å². The van der Waals surface area contributed by atoms with E-state index in [-0.39, 0.29) is 11.6 Å². The fourth-order valence-electron chi connectivity index (χ4n) is 1.63. The van der Waals surface area contributed by atoms with Crippen molar-refractivity contribution in [2.75, 3.05) is 5.32 Å². The highest BCUT2D eigenvalue weighted by molar-refractivity contribution is 5.92. The molecule has 2 aromatic rings. The van der Waals surface area contributed by atoms with Crippen molar-refractivity contribution in [3.8, 4) is 0 Å². The highest BCUT2D eigenvalue weighted by Gasteiger charge is 2.15. The van der Waals surface area contributed by atoms with E-state index in [1.54, 1.807) is 6.20 Å². The van der Waals surface area contributed by atoms with Gasteiger partial charge in [-0.05, 0) is 19.1 Å². The first-order chi connectivity index (χ1) is 9.47. The zero-order valence-corrected chi connectivity index (χ0v) is 11.6. The molecular formula is C14H16N4O2. The maximum Gasteiger partial charge on any atom is 0.356 e. The minimum absolute atomic E-state index is 0.0377. The van der Waals surface area contributed by atoms with Gasteiger partial charge in [0.15, 0.2) is 5.69 Å². The van der Waals surface area contributed by atoms with Crippen molar-refractivity contribution >= 4 is 17.3 Å². The molecule has 6 nitrogen and oxygen atoms in total. The van der Waals surface area contributed by atoms with Crippen molar-refractivity contribution in [1.82, 2.24) is 15.0 Å². The van der Waals surface area contributed by atoms with Gasteiger partial charge in [0.05, 0.1) is 23.8 Å². The van der Waals surface area contributed by atoms with Gasteiger partial charge in [0.1, 0.15) is 5.82 Å². The Morgan fingerprint density at radius 3 is 2.55 bits per heavy atom. The van der Waals surface area contributed by atoms with Crippen LogP contribution < -0.4 is 5.32 Å². The normalized spacial score (nSPS) is 10.6. The average molecular weight is 272 g/mol. The van der Waals surface area contributed by atoms with Gasteiger partial charge in [-0.2, -0.15) is 0 Å². The highest BCUT2D eigenvalue weighted by atomic mass is 16.4. The van der Waals surface area contributed by atoms with Crippen molar-refractivity contribution in [2.24, 2.45) is 0 Å². The quantitative estimate of drug-likeness (QED) is 0.889. The van der Waals surface area contributed by atoms with Crippen LogP contribution in [-0.2, 0) is 0 Å². The number of hydrogen-bond donors (Lipinski definition) is 2. The van der Waals surface area contributed by atoms with Gasteiger partial charge in [-0.3, -0.25) is 4.98 Å². The lowest BCUT2D eigenvalue weighted by Crippen LogP contribution is -2.10. The van der Waals surface area contributed by atoms with Crippen LogP contribution in [0.15, 0.2) is 24.5 Å². The molecule has 0 aliphatic heterocycles. The van der Waals surface area contributed by atoms with Gasteiger partial charge in [0.2, 0.25) is 0 Å². The van der Waals surface area contributed by atoms with E-state index < -0.39 is 5.97 Å². The highest BCUT2D eigenvalue weighted by Crippen LogP contribution is 2.20. The van der Waals surface area contributed by atoms with E-state index in [1.807, 2.05) is 32.9 Å². The lowest BCUT2D eigenvalue weighted by atomic mass is 10.2. The van der Waals surface area contributed by atoms with Crippen LogP contribution in [0.2, 0.25) is 0 Å². The van der Waals surface area contributed by atoms with E-state index in [0.29, 0.717) is 17.2 Å². The summed E-state index contributed by atoms with van der Waals surface area (Å²) >= 11 is 0. The monoisotopic (exact) mass is 272 g/mol. The number of pyridine rings is 1. The summed E-state index contributed by atoms with van der Waals surface area (Å²) in [6.07, 6.45) is 3.13. The molecule has 2 N–H and O–H groups in total. The lowest BCUT2D eigenvalue weighted by molar-refractivity contribution is 0.0691. The average Bonchev–Trinajstić information content (AvgIpc) is 2.41. The summed E-state index contributed by atoms with van der Waals surface area (Å²) in [6, 6.07) is 3.66. The molecule has 104 valence electrons. The van der Waals surface area contributed by atoms with E-state index in [1.165, 1.54) is 6.20 Å². The molecule has 0 bridgehead atoms. The number of aromatic nitrogens is 3. The molecule has 2 heterocycles. The molecule has 0 spiro atoms. The Balaban J connectivity index is 2.35. The summed E-state index contributed by atoms with van der Waals surface area (Å²) in [5.74, 6) is -0.505. The summed E-state index contributed by atoms with van der Waals surface area (Å²) < 4.78 is 0. The van der Waals surface area contributed by atoms with Gasteiger partial charge in [0.25, 0.3) is 0 Å². The van der Waals surface area contributed by atoms with E-state index >= 15 is 0 Å². The van der Waals surface area contributed by atoms with Crippen LogP contribution in [0.1, 0.15) is 41.8 Å². The molecule has 0 aliphatic carbocycles. The molecule has 6 heteroatoms. The molecule has 0 atom stereocenters. The summed E-state index contributed by atoms with van der Waals surface area (Å²) in [6.45, 7) is 5.71. The second-order valence-corrected chi connectivity index (χ2v) is 4.76. The standard InChI is InChI=1S/C14H16N4O2/c1-8(2)13-16-7-11(12(18-13)14(19)20)17-10-5-4-9(3)15-6-10/h4-8,17H,1-3H3,(H,19,20). The molecule has 0 saturated carbocycles. The molecule has 20 heavy (non-hydrogen) atoms. The topological polar surface area (TPSA) is 88.0 Å². The van der Waals surface area contributed by atoms with E-state index in [4.69, 9.17) is 0 Å². The molecule has 0 radical (unpaired) electrons. The zero-order valence-electron chi connectivity index (χ0n) is 11.6. The second kappa shape index (κ2) is 5.64. The van der Waals surface area contributed by atoms with Gasteiger partial charge in [-0.1, -0.05) is 13.8 Å². The van der Waals surface area contributed by atoms with Gasteiger partial charge >= 0.3 is 5.97 Å². The maximum absolute atomic E-state index is 11.3. The zero-order chi connectivity index (χ0) is 14.7. The third-order valence-electron chi connectivity index (χ3n) is 2.72. The smallest absolute Gasteiger partial charge is 0.356 e. The summed E-state index contributed by atoms with van der Waals surface area (Å²) in [4.78, 5) is 23.7. The Labute approximate surface area is 116 Å². The molecule has 0 aromatic carbocycles. The lowest BCUT2D eigenvalue weighted by Gasteiger charge is -2.11. The first-order valence-electron chi connectivity index (χ1n) is 6.27. The van der Waals surface area contributed by atoms with Crippen LogP contribution in [0.5, 0.6) is 0 Å². The number of aryl methyl sites for hydroxylation is 1. The molecule has 0 aliphatic rings. The molecular weight excluding hydrogens is 256 g/mol. The SMILES string of the molecule is Cc1ccc(Nc2cnc(C(C)C)nc2C(=O)O)cn1. The molecule has 0 fully saturated rings. The number of nitrogens with one attached hydrogen (secondary N) is 1. The maximum atomic E-state index is 11.3. The summed E-state index contributed by atoms with van der Waals surface area (Å²) in [5.41, 5.74) is 1.90. The first-order valence-corrected chi connectivity index (χ1v) is 6.27. The van der Waals surface area contributed by atoms with E-state index in [9.17, 15) is 9.90 Å². The number of aromatic carboxylic acids is 1. The Hall–Kier alpha value is -2.50. The molecule has 0 unspecified atom stereocenters. The minimum Gasteiger partial charge on any atom is -0.476 e. The van der Waals surface area contributed by atoms with Crippen LogP contribution in [0.25, 0.3) is 0 Å². The molecule has 0 saturated heterocycles. The number of carboxylic acid groups (broad SMARTS) is 1. The molecule has 2 rings (SSSR count). The Morgan fingerprint density at radius 1 is 1.25 bits per heavy atom. The fraction of sp³-hybridized carbons (Fsp3) is 0.286. The summed E-state index contributed by atoms with van der Waals surface area (Å²) in [5, 5.41) is 12.2. The van der Waals surface area contributed by atoms with E-state index in [0.717, 1.165) is 5.69 Å². The Morgan fingerprint density at radius 2 is 2.00 bits per heavy atom. The number of carboxylic acids is 1. The Kier molecular flexibility index (Phi) is 3.93. The van der Waals surface area contributed by atoms with Crippen molar-refractivity contribution in [3.05, 3.63) is 41.7 Å². The third kappa shape index (κ3) is 3.09. The van der Waals surface area contributed by atoms with Crippen LogP contribution in [-0.4, -0.2) is 26.0 Å². The van der Waals surface area contributed by atoms with Gasteiger partial charge < -0.3 is 10.4 Å². The largest absolute Gasteiger partial charge is 0.476 e. The number of nitrogens with zero attached hydrogens (tertiary/aromatic N) is 3. The Bertz CT molecular complexity index is 624. The third-order valence-corrected chi connectivity index (χ3v) is 2.72. The van der Waals surface area contributed by atoms with E-state index in [2.05, 4.69) is 20.3 Å². The number of carbonyl (C=O) groups is 1. The minimum atomic E-state index is -1.09. The summed E-state index contributed by atoms with van der Waals surface area (Å²) in [7, 11) is 0. The van der Waals surface area contributed by atoms with Gasteiger partial charge in [-0.25, -0.2) is 14.8 Å². The van der Waals surface area contributed by atoms with Gasteiger partial charge in [-0.15, -0.1) is 0 Å². The predicted octanol–water partition coefficient (Wildman–Crippen LogP) is 2.75. The number of anilines is 2. The molecule has 2 aromatic heterocycles. The van der Waals surface area contributed by atoms with Gasteiger partial charge in [0, 0.05) is 11.6 Å². The van der Waals surface area contributed by atoms with Crippen LogP contribution in [0.4, 0.5) is 11.4 Å². The fourth-order valence-corrected chi connectivity index (χ4v) is 1.63. The van der Waals surface area contributed by atoms with Crippen molar-refractivity contribution in [1.29, 1.82) is 0 Å². The number of hydrogen-bond acceptors (Lipinski definition) is 5. The van der Waals surface area contributed by atoms with Crippen molar-refractivity contribution in [3.63, 3.8) is 0 Å². The predicted molar refractivity (Wildman–Crippen MR) is 75.3 cm³/mol. The second-order valence-electron chi connectivity index (χ2n) is 4.76. The van der Waals surface area contributed by atoms with Crippen LogP contribution in [0, 0.1) is 6.92 Å². The first kappa shape index (κ1) is 13.9. The van der Waals surface area contributed by atoms with Crippen LogP contribution in [0.3, 0.4) is 0 Å². The molecule has 0 amide bonds. The van der Waals surface area contributed by atoms with Crippen molar-refractivity contribution < 1.29 is 9.90 Å². The van der Waals surface area contributed by atoms with Crippen LogP contribution >= 0.6 is 0 Å². The number of rotatable bonds is 4.